The number of benzene rings is 1. The van der Waals surface area contributed by atoms with Crippen molar-refractivity contribution in [2.45, 2.75) is 0 Å². The van der Waals surface area contributed by atoms with Crippen LogP contribution in [0.5, 0.6) is 0 Å². The summed E-state index contributed by atoms with van der Waals surface area (Å²) >= 11 is 11.8. The Balaban J connectivity index is 2.25. The number of nitrogens with one attached hydrogen (secondary N) is 1. The van der Waals surface area contributed by atoms with Gasteiger partial charge in [0.25, 0.3) is 0 Å². The third-order valence-corrected chi connectivity index (χ3v) is 2.85. The average molecular weight is 272 g/mol. The highest BCUT2D eigenvalue weighted by atomic mass is 35.5. The Morgan fingerprint density at radius 3 is 2.65 bits per heavy atom. The SMILES string of the molecule is O=C(O)c1ccc(Nc2cccc(Cl)c2Cl)o1. The standard InChI is InChI=1S/C11H7Cl2NO3/c12-6-2-1-3-7(10(6)13)14-9-5-4-8(17-9)11(15)16/h1-5,14H,(H,15,16). The van der Waals surface area contributed by atoms with Crippen molar-refractivity contribution in [1.29, 1.82) is 0 Å². The fraction of sp³-hybridized carbons (Fsp3) is 0. The Morgan fingerprint density at radius 2 is 2.00 bits per heavy atom. The van der Waals surface area contributed by atoms with E-state index in [1.807, 2.05) is 0 Å². The highest BCUT2D eigenvalue weighted by Gasteiger charge is 2.10. The lowest BCUT2D eigenvalue weighted by Crippen LogP contribution is -1.93. The van der Waals surface area contributed by atoms with Crippen LogP contribution < -0.4 is 5.32 Å². The van der Waals surface area contributed by atoms with E-state index in [0.717, 1.165) is 0 Å². The molecule has 0 saturated heterocycles. The van der Waals surface area contributed by atoms with Crippen molar-refractivity contribution in [1.82, 2.24) is 0 Å². The largest absolute Gasteiger partial charge is 0.475 e. The first-order valence-electron chi connectivity index (χ1n) is 4.62. The van der Waals surface area contributed by atoms with Crippen LogP contribution in [-0.2, 0) is 0 Å². The molecule has 1 aromatic heterocycles. The topological polar surface area (TPSA) is 62.5 Å². The van der Waals surface area contributed by atoms with Gasteiger partial charge in [-0.2, -0.15) is 0 Å². The number of hydrogen-bond acceptors (Lipinski definition) is 3. The Morgan fingerprint density at radius 1 is 1.24 bits per heavy atom. The first kappa shape index (κ1) is 11.8. The first-order chi connectivity index (χ1) is 8.08. The van der Waals surface area contributed by atoms with Gasteiger partial charge in [0.1, 0.15) is 0 Å². The summed E-state index contributed by atoms with van der Waals surface area (Å²) in [5.41, 5.74) is 0.547. The van der Waals surface area contributed by atoms with E-state index in [2.05, 4.69) is 5.32 Å². The molecule has 0 fully saturated rings. The van der Waals surface area contributed by atoms with Crippen LogP contribution in [0.15, 0.2) is 34.7 Å². The predicted molar refractivity (Wildman–Crippen MR) is 65.4 cm³/mol. The minimum absolute atomic E-state index is 0.148. The third kappa shape index (κ3) is 2.54. The lowest BCUT2D eigenvalue weighted by Gasteiger charge is -2.06. The van der Waals surface area contributed by atoms with Crippen molar-refractivity contribution < 1.29 is 14.3 Å². The van der Waals surface area contributed by atoms with Crippen molar-refractivity contribution >= 4 is 40.7 Å². The molecule has 2 aromatic rings. The molecular weight excluding hydrogens is 265 g/mol. The molecule has 0 aliphatic rings. The van der Waals surface area contributed by atoms with Crippen molar-refractivity contribution in [3.63, 3.8) is 0 Å². The maximum absolute atomic E-state index is 10.6. The van der Waals surface area contributed by atoms with E-state index in [4.69, 9.17) is 32.7 Å². The molecule has 0 aliphatic carbocycles. The first-order valence-corrected chi connectivity index (χ1v) is 5.37. The zero-order chi connectivity index (χ0) is 12.4. The van der Waals surface area contributed by atoms with E-state index in [1.165, 1.54) is 12.1 Å². The van der Waals surface area contributed by atoms with E-state index in [9.17, 15) is 4.79 Å². The number of furan rings is 1. The number of halogens is 2. The molecule has 6 heteroatoms. The summed E-state index contributed by atoms with van der Waals surface area (Å²) < 4.78 is 5.03. The number of rotatable bonds is 3. The van der Waals surface area contributed by atoms with E-state index in [-0.39, 0.29) is 11.6 Å². The van der Waals surface area contributed by atoms with E-state index in [0.29, 0.717) is 15.7 Å². The number of carboxylic acid groups (broad SMARTS) is 1. The van der Waals surface area contributed by atoms with Crippen LogP contribution in [0, 0.1) is 0 Å². The molecule has 0 amide bonds. The molecule has 0 saturated carbocycles. The lowest BCUT2D eigenvalue weighted by molar-refractivity contribution is 0.0663. The number of carboxylic acids is 1. The van der Waals surface area contributed by atoms with Crippen molar-refractivity contribution in [3.05, 3.63) is 46.1 Å². The molecule has 17 heavy (non-hydrogen) atoms. The highest BCUT2D eigenvalue weighted by Crippen LogP contribution is 2.32. The third-order valence-electron chi connectivity index (χ3n) is 2.03. The van der Waals surface area contributed by atoms with Gasteiger partial charge in [0.15, 0.2) is 5.88 Å². The normalized spacial score (nSPS) is 10.2. The Labute approximate surface area is 107 Å². The maximum atomic E-state index is 10.6. The fourth-order valence-corrected chi connectivity index (χ4v) is 1.60. The van der Waals surface area contributed by atoms with Gasteiger partial charge in [0.05, 0.1) is 15.7 Å². The zero-order valence-corrected chi connectivity index (χ0v) is 9.92. The van der Waals surface area contributed by atoms with Crippen LogP contribution in [0.1, 0.15) is 10.6 Å². The maximum Gasteiger partial charge on any atom is 0.371 e. The molecule has 0 radical (unpaired) electrons. The van der Waals surface area contributed by atoms with Gasteiger partial charge >= 0.3 is 5.97 Å². The van der Waals surface area contributed by atoms with Crippen LogP contribution in [-0.4, -0.2) is 11.1 Å². The monoisotopic (exact) mass is 271 g/mol. The predicted octanol–water partition coefficient (Wildman–Crippen LogP) is 4.03. The minimum atomic E-state index is -1.13. The molecule has 0 aliphatic heterocycles. The molecule has 0 bridgehead atoms. The van der Waals surface area contributed by atoms with Gasteiger partial charge in [-0.05, 0) is 18.2 Å². The number of aromatic carboxylic acids is 1. The molecule has 1 heterocycles. The van der Waals surface area contributed by atoms with Crippen LogP contribution in [0.25, 0.3) is 0 Å². The number of hydrogen-bond donors (Lipinski definition) is 2. The second kappa shape index (κ2) is 4.69. The molecule has 0 spiro atoms. The van der Waals surface area contributed by atoms with Gasteiger partial charge in [-0.15, -0.1) is 0 Å². The van der Waals surface area contributed by atoms with E-state index >= 15 is 0 Å². The van der Waals surface area contributed by atoms with E-state index in [1.54, 1.807) is 18.2 Å². The fourth-order valence-electron chi connectivity index (χ4n) is 1.25. The molecule has 88 valence electrons. The van der Waals surface area contributed by atoms with Crippen LogP contribution in [0.4, 0.5) is 11.6 Å². The summed E-state index contributed by atoms with van der Waals surface area (Å²) in [5.74, 6) is -0.993. The average Bonchev–Trinajstić information content (AvgIpc) is 2.73. The van der Waals surface area contributed by atoms with E-state index < -0.39 is 5.97 Å². The Bertz CT molecular complexity index is 566. The van der Waals surface area contributed by atoms with Gasteiger partial charge < -0.3 is 14.8 Å². The summed E-state index contributed by atoms with van der Waals surface area (Å²) in [6.07, 6.45) is 0. The van der Waals surface area contributed by atoms with Crippen molar-refractivity contribution in [3.8, 4) is 0 Å². The lowest BCUT2D eigenvalue weighted by atomic mass is 10.3. The summed E-state index contributed by atoms with van der Waals surface area (Å²) in [6.45, 7) is 0. The van der Waals surface area contributed by atoms with Crippen LogP contribution in [0.3, 0.4) is 0 Å². The Hall–Kier alpha value is -1.65. The smallest absolute Gasteiger partial charge is 0.371 e. The summed E-state index contributed by atoms with van der Waals surface area (Å²) in [6, 6.07) is 7.93. The van der Waals surface area contributed by atoms with Gasteiger partial charge in [0, 0.05) is 6.07 Å². The minimum Gasteiger partial charge on any atom is -0.475 e. The molecule has 2 rings (SSSR count). The molecule has 2 N–H and O–H groups in total. The summed E-state index contributed by atoms with van der Waals surface area (Å²) in [7, 11) is 0. The Kier molecular flexibility index (Phi) is 3.26. The van der Waals surface area contributed by atoms with Crippen molar-refractivity contribution in [2.24, 2.45) is 0 Å². The quantitative estimate of drug-likeness (QED) is 0.885. The second-order valence-electron chi connectivity index (χ2n) is 3.20. The number of anilines is 2. The molecule has 0 unspecified atom stereocenters. The van der Waals surface area contributed by atoms with Gasteiger partial charge in [-0.25, -0.2) is 4.79 Å². The molecule has 0 atom stereocenters. The molecule has 1 aromatic carbocycles. The van der Waals surface area contributed by atoms with Crippen molar-refractivity contribution in [2.75, 3.05) is 5.32 Å². The second-order valence-corrected chi connectivity index (χ2v) is 3.98. The van der Waals surface area contributed by atoms with Crippen LogP contribution in [0.2, 0.25) is 10.0 Å². The highest BCUT2D eigenvalue weighted by molar-refractivity contribution is 6.43. The van der Waals surface area contributed by atoms with Gasteiger partial charge in [-0.1, -0.05) is 29.3 Å². The summed E-state index contributed by atoms with van der Waals surface area (Å²) in [4.78, 5) is 10.6. The van der Waals surface area contributed by atoms with Crippen LogP contribution >= 0.6 is 23.2 Å². The van der Waals surface area contributed by atoms with Gasteiger partial charge in [-0.3, -0.25) is 0 Å². The molecule has 4 nitrogen and oxygen atoms in total. The molecular formula is C11H7Cl2NO3. The zero-order valence-electron chi connectivity index (χ0n) is 8.41. The number of carbonyl (C=O) groups is 1. The van der Waals surface area contributed by atoms with Gasteiger partial charge in [0.2, 0.25) is 5.76 Å². The summed E-state index contributed by atoms with van der Waals surface area (Å²) in [5, 5.41) is 12.3.